The molecule has 0 unspecified atom stereocenters. The molecule has 0 bridgehead atoms. The number of hydrogen-bond donors (Lipinski definition) is 1. The zero-order valence-corrected chi connectivity index (χ0v) is 17.9. The van der Waals surface area contributed by atoms with Gasteiger partial charge in [0.2, 0.25) is 5.95 Å². The standard InChI is InChI=1S/C21H24N8S/c1-28(2)20-24-11-16(12-25-20)13-29-7-4-17(5-8-29)18-14-30-21(26-18)27-19-9-15(10-22)3-6-23-19/h3,6,9,11-12,14,17H,4-5,7-8,13H2,1-2H3,(H,23,26,27). The first-order valence-electron chi connectivity index (χ1n) is 9.90. The lowest BCUT2D eigenvalue weighted by molar-refractivity contribution is 0.203. The third-order valence-corrected chi connectivity index (χ3v) is 5.93. The van der Waals surface area contributed by atoms with Crippen molar-refractivity contribution in [1.82, 2.24) is 24.8 Å². The number of hydrogen-bond acceptors (Lipinski definition) is 9. The molecule has 3 aromatic heterocycles. The number of nitrogens with zero attached hydrogens (tertiary/aromatic N) is 7. The maximum Gasteiger partial charge on any atom is 0.224 e. The zero-order chi connectivity index (χ0) is 20.9. The van der Waals surface area contributed by atoms with Crippen molar-refractivity contribution in [1.29, 1.82) is 5.26 Å². The predicted octanol–water partition coefficient (Wildman–Crippen LogP) is 3.39. The van der Waals surface area contributed by atoms with Crippen LogP contribution >= 0.6 is 11.3 Å². The van der Waals surface area contributed by atoms with Crippen LogP contribution in [0.3, 0.4) is 0 Å². The number of rotatable bonds is 6. The van der Waals surface area contributed by atoms with Crippen molar-refractivity contribution < 1.29 is 0 Å². The smallest absolute Gasteiger partial charge is 0.224 e. The molecule has 0 radical (unpaired) electrons. The Morgan fingerprint density at radius 1 is 1.23 bits per heavy atom. The molecule has 1 saturated heterocycles. The third kappa shape index (κ3) is 4.90. The van der Waals surface area contributed by atoms with Gasteiger partial charge in [-0.3, -0.25) is 4.90 Å². The monoisotopic (exact) mass is 420 g/mol. The second-order valence-electron chi connectivity index (χ2n) is 7.58. The maximum absolute atomic E-state index is 9.02. The number of nitrogens with one attached hydrogen (secondary N) is 1. The summed E-state index contributed by atoms with van der Waals surface area (Å²) in [5.74, 6) is 1.85. The number of thiazole rings is 1. The number of pyridine rings is 1. The second-order valence-corrected chi connectivity index (χ2v) is 8.44. The molecule has 8 nitrogen and oxygen atoms in total. The molecule has 1 fully saturated rings. The molecule has 0 spiro atoms. The molecular weight excluding hydrogens is 396 g/mol. The number of likely N-dealkylation sites (tertiary alicyclic amines) is 1. The minimum atomic E-state index is 0.471. The van der Waals surface area contributed by atoms with E-state index in [-0.39, 0.29) is 0 Å². The van der Waals surface area contributed by atoms with Crippen molar-refractivity contribution in [2.24, 2.45) is 0 Å². The van der Waals surface area contributed by atoms with Crippen LogP contribution in [0.15, 0.2) is 36.1 Å². The molecule has 0 aliphatic carbocycles. The number of piperidine rings is 1. The summed E-state index contributed by atoms with van der Waals surface area (Å²) in [6.07, 6.45) is 7.64. The molecule has 0 saturated carbocycles. The molecule has 154 valence electrons. The molecule has 1 aliphatic heterocycles. The van der Waals surface area contributed by atoms with Gasteiger partial charge in [-0.25, -0.2) is 19.9 Å². The van der Waals surface area contributed by atoms with Crippen LogP contribution in [0.1, 0.15) is 35.6 Å². The van der Waals surface area contributed by atoms with Crippen molar-refractivity contribution in [3.05, 3.63) is 52.9 Å². The predicted molar refractivity (Wildman–Crippen MR) is 118 cm³/mol. The molecule has 4 rings (SSSR count). The van der Waals surface area contributed by atoms with Gasteiger partial charge in [0.25, 0.3) is 0 Å². The molecule has 0 atom stereocenters. The average molecular weight is 421 g/mol. The van der Waals surface area contributed by atoms with Crippen LogP contribution in [0.2, 0.25) is 0 Å². The lowest BCUT2D eigenvalue weighted by Crippen LogP contribution is -2.32. The van der Waals surface area contributed by atoms with Gasteiger partial charge in [-0.15, -0.1) is 11.3 Å². The summed E-state index contributed by atoms with van der Waals surface area (Å²) in [5, 5.41) is 15.2. The number of aromatic nitrogens is 4. The molecule has 1 aliphatic rings. The van der Waals surface area contributed by atoms with Crippen molar-refractivity contribution in [3.63, 3.8) is 0 Å². The zero-order valence-electron chi connectivity index (χ0n) is 17.1. The van der Waals surface area contributed by atoms with Crippen molar-refractivity contribution in [2.75, 3.05) is 37.4 Å². The lowest BCUT2D eigenvalue weighted by Gasteiger charge is -2.31. The summed E-state index contributed by atoms with van der Waals surface area (Å²) < 4.78 is 0. The Bertz CT molecular complexity index is 1020. The van der Waals surface area contributed by atoms with Gasteiger partial charge in [0.1, 0.15) is 5.82 Å². The van der Waals surface area contributed by atoms with E-state index in [0.29, 0.717) is 17.3 Å². The molecule has 30 heavy (non-hydrogen) atoms. The van der Waals surface area contributed by atoms with Gasteiger partial charge in [0.05, 0.1) is 17.3 Å². The van der Waals surface area contributed by atoms with E-state index in [9.17, 15) is 0 Å². The van der Waals surface area contributed by atoms with E-state index in [4.69, 9.17) is 10.2 Å². The van der Waals surface area contributed by atoms with Crippen LogP contribution in [0.5, 0.6) is 0 Å². The number of anilines is 3. The van der Waals surface area contributed by atoms with Gasteiger partial charge in [-0.1, -0.05) is 0 Å². The topological polar surface area (TPSA) is 93.9 Å². The van der Waals surface area contributed by atoms with E-state index in [1.54, 1.807) is 29.7 Å². The summed E-state index contributed by atoms with van der Waals surface area (Å²) in [6.45, 7) is 2.95. The summed E-state index contributed by atoms with van der Waals surface area (Å²) in [5.41, 5.74) is 2.86. The van der Waals surface area contributed by atoms with Crippen LogP contribution in [0, 0.1) is 11.3 Å². The fraction of sp³-hybridized carbons (Fsp3) is 0.381. The Kier molecular flexibility index (Phi) is 6.16. The lowest BCUT2D eigenvalue weighted by atomic mass is 9.94. The van der Waals surface area contributed by atoms with E-state index in [1.807, 2.05) is 31.4 Å². The minimum Gasteiger partial charge on any atom is -0.347 e. The van der Waals surface area contributed by atoms with Gasteiger partial charge in [0.15, 0.2) is 5.13 Å². The molecule has 9 heteroatoms. The highest BCUT2D eigenvalue weighted by molar-refractivity contribution is 7.13. The van der Waals surface area contributed by atoms with Crippen molar-refractivity contribution >= 4 is 28.2 Å². The fourth-order valence-corrected chi connectivity index (χ4v) is 4.31. The Labute approximate surface area is 180 Å². The summed E-state index contributed by atoms with van der Waals surface area (Å²) in [4.78, 5) is 22.2. The Morgan fingerprint density at radius 3 is 2.70 bits per heavy atom. The first-order chi connectivity index (χ1) is 14.6. The maximum atomic E-state index is 9.02. The van der Waals surface area contributed by atoms with E-state index >= 15 is 0 Å². The van der Waals surface area contributed by atoms with Crippen LogP contribution in [0.4, 0.5) is 16.9 Å². The molecule has 4 heterocycles. The van der Waals surface area contributed by atoms with Gasteiger partial charge < -0.3 is 10.2 Å². The minimum absolute atomic E-state index is 0.471. The molecule has 3 aromatic rings. The number of nitriles is 1. The average Bonchev–Trinajstić information content (AvgIpc) is 3.23. The van der Waals surface area contributed by atoms with Gasteiger partial charge in [0, 0.05) is 56.1 Å². The van der Waals surface area contributed by atoms with E-state index in [1.165, 1.54) is 0 Å². The SMILES string of the molecule is CN(C)c1ncc(CN2CCC(c3csc(Nc4cc(C#N)ccn4)n3)CC2)cn1. The Morgan fingerprint density at radius 2 is 2.00 bits per heavy atom. The summed E-state index contributed by atoms with van der Waals surface area (Å²) in [6, 6.07) is 5.55. The van der Waals surface area contributed by atoms with Crippen molar-refractivity contribution in [2.45, 2.75) is 25.3 Å². The first kappa shape index (κ1) is 20.2. The fourth-order valence-electron chi connectivity index (χ4n) is 3.51. The molecule has 0 aromatic carbocycles. The quantitative estimate of drug-likeness (QED) is 0.649. The molecular formula is C21H24N8S. The largest absolute Gasteiger partial charge is 0.347 e. The normalized spacial score (nSPS) is 15.0. The summed E-state index contributed by atoms with van der Waals surface area (Å²) in [7, 11) is 3.89. The second kappa shape index (κ2) is 9.15. The summed E-state index contributed by atoms with van der Waals surface area (Å²) >= 11 is 1.58. The van der Waals surface area contributed by atoms with E-state index in [0.717, 1.165) is 54.8 Å². The van der Waals surface area contributed by atoms with Crippen LogP contribution in [-0.4, -0.2) is 52.0 Å². The van der Waals surface area contributed by atoms with Crippen LogP contribution < -0.4 is 10.2 Å². The van der Waals surface area contributed by atoms with Crippen LogP contribution in [0.25, 0.3) is 0 Å². The highest BCUT2D eigenvalue weighted by atomic mass is 32.1. The van der Waals surface area contributed by atoms with E-state index < -0.39 is 0 Å². The highest BCUT2D eigenvalue weighted by Crippen LogP contribution is 2.31. The Balaban J connectivity index is 1.30. The van der Waals surface area contributed by atoms with Crippen molar-refractivity contribution in [3.8, 4) is 6.07 Å². The third-order valence-electron chi connectivity index (χ3n) is 5.15. The van der Waals surface area contributed by atoms with Gasteiger partial charge >= 0.3 is 0 Å². The first-order valence-corrected chi connectivity index (χ1v) is 10.8. The molecule has 0 amide bonds. The van der Waals surface area contributed by atoms with Crippen LogP contribution in [-0.2, 0) is 6.54 Å². The van der Waals surface area contributed by atoms with Gasteiger partial charge in [-0.2, -0.15) is 5.26 Å². The molecule has 1 N–H and O–H groups in total. The highest BCUT2D eigenvalue weighted by Gasteiger charge is 2.23. The Hall–Kier alpha value is -3.09. The van der Waals surface area contributed by atoms with E-state index in [2.05, 4.69) is 36.6 Å². The van der Waals surface area contributed by atoms with Gasteiger partial charge in [-0.05, 0) is 38.1 Å².